The lowest BCUT2D eigenvalue weighted by molar-refractivity contribution is -0.221. The summed E-state index contributed by atoms with van der Waals surface area (Å²) >= 11 is 0. The Labute approximate surface area is 122 Å². The summed E-state index contributed by atoms with van der Waals surface area (Å²) in [7, 11) is 0. The van der Waals surface area contributed by atoms with Crippen LogP contribution < -0.4 is 0 Å². The van der Waals surface area contributed by atoms with Crippen LogP contribution in [0.5, 0.6) is 0 Å². The molecule has 118 valence electrons. The number of aliphatic hydroxyl groups is 2. The number of unbranched alkanes of at least 4 members (excludes halogenated alkanes) is 1. The minimum Gasteiger partial charge on any atom is -0.394 e. The molecule has 0 amide bonds. The van der Waals surface area contributed by atoms with Crippen LogP contribution >= 0.6 is 0 Å². The first-order valence-electron chi connectivity index (χ1n) is 8.34. The average molecular weight is 286 g/mol. The highest BCUT2D eigenvalue weighted by Crippen LogP contribution is 2.27. The molecule has 20 heavy (non-hydrogen) atoms. The fourth-order valence-electron chi connectivity index (χ4n) is 3.40. The van der Waals surface area contributed by atoms with Crippen LogP contribution in [0.2, 0.25) is 0 Å². The van der Waals surface area contributed by atoms with E-state index in [2.05, 4.69) is 0 Å². The van der Waals surface area contributed by atoms with E-state index in [1.54, 1.807) is 0 Å². The number of rotatable bonds is 7. The summed E-state index contributed by atoms with van der Waals surface area (Å²) in [5.41, 5.74) is 0. The van der Waals surface area contributed by atoms with Gasteiger partial charge in [0, 0.05) is 19.4 Å². The van der Waals surface area contributed by atoms with Crippen molar-refractivity contribution in [3.8, 4) is 0 Å². The topological polar surface area (TPSA) is 58.9 Å². The standard InChI is InChI=1S/C16H30O4/c17-12-15-10-14(18)11-16(20-15)19-9-5-4-8-13-6-2-1-3-7-13/h13-18H,1-12H2. The van der Waals surface area contributed by atoms with Crippen LogP contribution in [0.15, 0.2) is 0 Å². The Hall–Kier alpha value is -0.160. The zero-order valence-corrected chi connectivity index (χ0v) is 12.5. The fraction of sp³-hybridized carbons (Fsp3) is 1.00. The van der Waals surface area contributed by atoms with Crippen LogP contribution in [0.1, 0.15) is 64.2 Å². The molecular formula is C16H30O4. The van der Waals surface area contributed by atoms with Gasteiger partial charge in [0.15, 0.2) is 6.29 Å². The molecule has 4 heteroatoms. The quantitative estimate of drug-likeness (QED) is 0.706. The Kier molecular flexibility index (Phi) is 7.28. The number of ether oxygens (including phenoxy) is 2. The van der Waals surface area contributed by atoms with Crippen molar-refractivity contribution in [1.29, 1.82) is 0 Å². The first-order chi connectivity index (χ1) is 9.78. The molecule has 1 aliphatic carbocycles. The predicted octanol–water partition coefficient (Wildman–Crippen LogP) is 2.61. The maximum atomic E-state index is 9.68. The van der Waals surface area contributed by atoms with Crippen molar-refractivity contribution >= 4 is 0 Å². The van der Waals surface area contributed by atoms with Crippen LogP contribution in [0.25, 0.3) is 0 Å². The van der Waals surface area contributed by atoms with Crippen molar-refractivity contribution in [1.82, 2.24) is 0 Å². The fourth-order valence-corrected chi connectivity index (χ4v) is 3.40. The lowest BCUT2D eigenvalue weighted by Gasteiger charge is -2.32. The summed E-state index contributed by atoms with van der Waals surface area (Å²) in [5.74, 6) is 0.940. The molecule has 2 aliphatic rings. The molecule has 2 N–H and O–H groups in total. The Bertz CT molecular complexity index is 253. The highest BCUT2D eigenvalue weighted by atomic mass is 16.7. The van der Waals surface area contributed by atoms with Crippen molar-refractivity contribution in [2.45, 2.75) is 82.7 Å². The molecule has 1 saturated carbocycles. The molecule has 0 spiro atoms. The number of aliphatic hydroxyl groups excluding tert-OH is 2. The molecule has 0 aromatic rings. The molecule has 0 aromatic heterocycles. The number of hydrogen-bond acceptors (Lipinski definition) is 4. The van der Waals surface area contributed by atoms with E-state index in [1.807, 2.05) is 0 Å². The lowest BCUT2D eigenvalue weighted by Crippen LogP contribution is -2.39. The Morgan fingerprint density at radius 1 is 1.05 bits per heavy atom. The van der Waals surface area contributed by atoms with Gasteiger partial charge in [-0.2, -0.15) is 0 Å². The second kappa shape index (κ2) is 8.98. The van der Waals surface area contributed by atoms with E-state index in [4.69, 9.17) is 14.6 Å². The molecule has 0 radical (unpaired) electrons. The smallest absolute Gasteiger partial charge is 0.160 e. The first kappa shape index (κ1) is 16.2. The average Bonchev–Trinajstić information content (AvgIpc) is 2.47. The van der Waals surface area contributed by atoms with Gasteiger partial charge in [0.1, 0.15) is 0 Å². The normalized spacial score (nSPS) is 32.4. The maximum Gasteiger partial charge on any atom is 0.160 e. The third-order valence-corrected chi connectivity index (χ3v) is 4.58. The van der Waals surface area contributed by atoms with Crippen molar-refractivity contribution < 1.29 is 19.7 Å². The molecule has 2 fully saturated rings. The van der Waals surface area contributed by atoms with Crippen LogP contribution in [-0.4, -0.2) is 41.9 Å². The van der Waals surface area contributed by atoms with E-state index in [-0.39, 0.29) is 19.0 Å². The molecule has 3 atom stereocenters. The van der Waals surface area contributed by atoms with Gasteiger partial charge < -0.3 is 19.7 Å². The van der Waals surface area contributed by atoms with Crippen molar-refractivity contribution in [2.75, 3.05) is 13.2 Å². The van der Waals surface area contributed by atoms with E-state index in [1.165, 1.54) is 44.9 Å². The summed E-state index contributed by atoms with van der Waals surface area (Å²) in [6.45, 7) is 0.654. The summed E-state index contributed by atoms with van der Waals surface area (Å²) in [5, 5.41) is 18.8. The van der Waals surface area contributed by atoms with Crippen LogP contribution in [-0.2, 0) is 9.47 Å². The van der Waals surface area contributed by atoms with Crippen LogP contribution in [0, 0.1) is 5.92 Å². The predicted molar refractivity (Wildman–Crippen MR) is 77.4 cm³/mol. The molecule has 3 unspecified atom stereocenters. The summed E-state index contributed by atoms with van der Waals surface area (Å²) in [4.78, 5) is 0. The molecule has 1 saturated heterocycles. The summed E-state index contributed by atoms with van der Waals surface area (Å²) in [6.07, 6.45) is 10.7. The highest BCUT2D eigenvalue weighted by molar-refractivity contribution is 4.72. The van der Waals surface area contributed by atoms with Gasteiger partial charge in [0.05, 0.1) is 18.8 Å². The van der Waals surface area contributed by atoms with E-state index >= 15 is 0 Å². The highest BCUT2D eigenvalue weighted by Gasteiger charge is 2.28. The van der Waals surface area contributed by atoms with Crippen molar-refractivity contribution in [3.05, 3.63) is 0 Å². The van der Waals surface area contributed by atoms with E-state index in [0.29, 0.717) is 19.4 Å². The summed E-state index contributed by atoms with van der Waals surface area (Å²) < 4.78 is 11.3. The first-order valence-corrected chi connectivity index (χ1v) is 8.34. The summed E-state index contributed by atoms with van der Waals surface area (Å²) in [6, 6.07) is 0. The maximum absolute atomic E-state index is 9.68. The van der Waals surface area contributed by atoms with Crippen molar-refractivity contribution in [3.63, 3.8) is 0 Å². The number of hydrogen-bond donors (Lipinski definition) is 2. The largest absolute Gasteiger partial charge is 0.394 e. The Morgan fingerprint density at radius 3 is 2.60 bits per heavy atom. The van der Waals surface area contributed by atoms with Crippen LogP contribution in [0.4, 0.5) is 0 Å². The monoisotopic (exact) mass is 286 g/mol. The van der Waals surface area contributed by atoms with Gasteiger partial charge in [-0.05, 0) is 12.3 Å². The molecule has 4 nitrogen and oxygen atoms in total. The van der Waals surface area contributed by atoms with E-state index < -0.39 is 6.10 Å². The van der Waals surface area contributed by atoms with Gasteiger partial charge >= 0.3 is 0 Å². The zero-order valence-electron chi connectivity index (χ0n) is 12.5. The molecule has 0 bridgehead atoms. The molecular weight excluding hydrogens is 256 g/mol. The lowest BCUT2D eigenvalue weighted by atomic mass is 9.86. The zero-order chi connectivity index (χ0) is 14.2. The van der Waals surface area contributed by atoms with E-state index in [0.717, 1.165) is 12.3 Å². The molecule has 1 heterocycles. The van der Waals surface area contributed by atoms with Gasteiger partial charge in [0.2, 0.25) is 0 Å². The van der Waals surface area contributed by atoms with Gasteiger partial charge in [-0.3, -0.25) is 0 Å². The Morgan fingerprint density at radius 2 is 1.85 bits per heavy atom. The second-order valence-corrected chi connectivity index (χ2v) is 6.37. The second-order valence-electron chi connectivity index (χ2n) is 6.37. The van der Waals surface area contributed by atoms with Gasteiger partial charge in [-0.25, -0.2) is 0 Å². The molecule has 2 rings (SSSR count). The van der Waals surface area contributed by atoms with Gasteiger partial charge in [-0.1, -0.05) is 44.9 Å². The van der Waals surface area contributed by atoms with Gasteiger partial charge in [0.25, 0.3) is 0 Å². The third kappa shape index (κ3) is 5.68. The molecule has 1 aliphatic heterocycles. The Balaban J connectivity index is 1.51. The van der Waals surface area contributed by atoms with Gasteiger partial charge in [-0.15, -0.1) is 0 Å². The third-order valence-electron chi connectivity index (χ3n) is 4.58. The van der Waals surface area contributed by atoms with E-state index in [9.17, 15) is 5.11 Å². The van der Waals surface area contributed by atoms with Crippen LogP contribution in [0.3, 0.4) is 0 Å². The SMILES string of the molecule is OCC1CC(O)CC(OCCCCC2CCCCC2)O1. The minimum atomic E-state index is -0.409. The van der Waals surface area contributed by atoms with Crippen molar-refractivity contribution in [2.24, 2.45) is 5.92 Å². The minimum absolute atomic E-state index is 0.0431. The molecule has 0 aromatic carbocycles.